The van der Waals surface area contributed by atoms with Gasteiger partial charge in [-0.25, -0.2) is 23.7 Å². The van der Waals surface area contributed by atoms with E-state index in [1.54, 1.807) is 12.4 Å². The molecule has 5 nitrogen and oxygen atoms in total. The Morgan fingerprint density at radius 1 is 0.875 bits per heavy atom. The highest BCUT2D eigenvalue weighted by atomic mass is 32.2. The maximum absolute atomic E-state index is 13.5. The van der Waals surface area contributed by atoms with Crippen LogP contribution in [0.3, 0.4) is 0 Å². The predicted octanol–water partition coefficient (Wildman–Crippen LogP) is 4.51. The fourth-order valence-electron chi connectivity index (χ4n) is 3.36. The number of hydrogen-bond acceptors (Lipinski definition) is 5. The van der Waals surface area contributed by atoms with Crippen LogP contribution >= 0.6 is 11.8 Å². The first kappa shape index (κ1) is 21.8. The van der Waals surface area contributed by atoms with E-state index < -0.39 is 11.6 Å². The molecule has 0 atom stereocenters. The van der Waals surface area contributed by atoms with E-state index in [9.17, 15) is 13.6 Å². The molecule has 8 heteroatoms. The molecule has 0 bridgehead atoms. The third kappa shape index (κ3) is 5.85. The Hall–Kier alpha value is -3.39. The Balaban J connectivity index is 1.60. The lowest BCUT2D eigenvalue weighted by Gasteiger charge is -2.11. The lowest BCUT2D eigenvalue weighted by atomic mass is 10.0. The second-order valence-corrected chi connectivity index (χ2v) is 8.24. The van der Waals surface area contributed by atoms with E-state index in [1.165, 1.54) is 30.2 Å². The molecular formula is C24H20F2N4OS. The van der Waals surface area contributed by atoms with Gasteiger partial charge in [0.25, 0.3) is 5.56 Å². The number of aryl methyl sites for hydroxylation is 2. The molecule has 162 valence electrons. The minimum absolute atomic E-state index is 0.236. The molecule has 4 aromatic rings. The average Bonchev–Trinajstić information content (AvgIpc) is 2.79. The lowest BCUT2D eigenvalue weighted by Crippen LogP contribution is -2.20. The van der Waals surface area contributed by atoms with Crippen molar-refractivity contribution in [3.05, 3.63) is 117 Å². The number of halogens is 2. The Morgan fingerprint density at radius 3 is 2.31 bits per heavy atom. The summed E-state index contributed by atoms with van der Waals surface area (Å²) < 4.78 is 26.9. The van der Waals surface area contributed by atoms with Crippen LogP contribution in [-0.4, -0.2) is 19.9 Å². The molecule has 2 aromatic heterocycles. The maximum atomic E-state index is 13.5. The summed E-state index contributed by atoms with van der Waals surface area (Å²) in [7, 11) is 0. The van der Waals surface area contributed by atoms with Crippen molar-refractivity contribution >= 4 is 11.8 Å². The average molecular weight is 451 g/mol. The molecule has 0 radical (unpaired) electrons. The van der Waals surface area contributed by atoms with Gasteiger partial charge in [-0.1, -0.05) is 42.1 Å². The van der Waals surface area contributed by atoms with Crippen molar-refractivity contribution in [3.63, 3.8) is 0 Å². The van der Waals surface area contributed by atoms with E-state index in [4.69, 9.17) is 0 Å². The van der Waals surface area contributed by atoms with Gasteiger partial charge < -0.3 is 4.98 Å². The van der Waals surface area contributed by atoms with Crippen LogP contribution in [0.2, 0.25) is 0 Å². The zero-order valence-electron chi connectivity index (χ0n) is 17.1. The Kier molecular flexibility index (Phi) is 7.01. The highest BCUT2D eigenvalue weighted by molar-refractivity contribution is 7.98. The van der Waals surface area contributed by atoms with Crippen LogP contribution in [0.1, 0.15) is 27.9 Å². The molecule has 1 N–H and O–H groups in total. The quantitative estimate of drug-likeness (QED) is 0.316. The van der Waals surface area contributed by atoms with E-state index in [1.807, 2.05) is 30.3 Å². The first-order chi connectivity index (χ1) is 15.6. The van der Waals surface area contributed by atoms with E-state index in [0.29, 0.717) is 34.8 Å². The number of benzene rings is 2. The van der Waals surface area contributed by atoms with Crippen LogP contribution in [0.15, 0.2) is 77.2 Å². The number of nitrogens with one attached hydrogen (secondary N) is 1. The van der Waals surface area contributed by atoms with E-state index in [0.717, 1.165) is 23.6 Å². The van der Waals surface area contributed by atoms with Crippen molar-refractivity contribution in [2.75, 3.05) is 0 Å². The first-order valence-corrected chi connectivity index (χ1v) is 11.0. The summed E-state index contributed by atoms with van der Waals surface area (Å²) in [6.45, 7) is 0. The third-order valence-electron chi connectivity index (χ3n) is 4.87. The minimum Gasteiger partial charge on any atom is -0.301 e. The molecule has 2 heterocycles. The van der Waals surface area contributed by atoms with Crippen LogP contribution in [0.4, 0.5) is 8.78 Å². The summed E-state index contributed by atoms with van der Waals surface area (Å²) >= 11 is 1.23. The Morgan fingerprint density at radius 2 is 1.59 bits per heavy atom. The van der Waals surface area contributed by atoms with Crippen molar-refractivity contribution in [1.82, 2.24) is 19.9 Å². The molecule has 0 saturated carbocycles. The standard InChI is InChI=1S/C24H20F2N4OS/c25-19-8-17(9-20(26)11-19)14-32-24-29-22(7-6-16-4-2-1-3-5-16)21(23(31)30-24)10-18-12-27-15-28-13-18/h1-5,8-9,11-13,15H,6-7,10,14H2,(H,29,30,31). The van der Waals surface area contributed by atoms with Gasteiger partial charge in [0, 0.05) is 36.2 Å². The molecule has 0 saturated heterocycles. The Labute approximate surface area is 188 Å². The number of thioether (sulfide) groups is 1. The number of rotatable bonds is 8. The maximum Gasteiger partial charge on any atom is 0.255 e. The van der Waals surface area contributed by atoms with Crippen LogP contribution in [0.5, 0.6) is 0 Å². The fraction of sp³-hybridized carbons (Fsp3) is 0.167. The largest absolute Gasteiger partial charge is 0.301 e. The van der Waals surface area contributed by atoms with E-state index in [2.05, 4.69) is 19.9 Å². The smallest absolute Gasteiger partial charge is 0.255 e. The second kappa shape index (κ2) is 10.3. The predicted molar refractivity (Wildman–Crippen MR) is 119 cm³/mol. The molecule has 0 unspecified atom stereocenters. The molecule has 2 aromatic carbocycles. The van der Waals surface area contributed by atoms with Gasteiger partial charge in [0.2, 0.25) is 0 Å². The zero-order valence-corrected chi connectivity index (χ0v) is 17.9. The number of hydrogen-bond donors (Lipinski definition) is 1. The van der Waals surface area contributed by atoms with Crippen LogP contribution in [-0.2, 0) is 25.0 Å². The molecule has 0 amide bonds. The van der Waals surface area contributed by atoms with E-state index in [-0.39, 0.29) is 11.3 Å². The molecule has 0 aliphatic heterocycles. The van der Waals surface area contributed by atoms with Gasteiger partial charge in [0.05, 0.1) is 5.69 Å². The van der Waals surface area contributed by atoms with Gasteiger partial charge in [-0.05, 0) is 41.7 Å². The van der Waals surface area contributed by atoms with Gasteiger partial charge in [-0.2, -0.15) is 0 Å². The number of H-pyrrole nitrogens is 1. The van der Waals surface area contributed by atoms with Crippen molar-refractivity contribution in [2.45, 2.75) is 30.2 Å². The summed E-state index contributed by atoms with van der Waals surface area (Å²) in [5.41, 5.74) is 3.46. The topological polar surface area (TPSA) is 71.5 Å². The molecule has 0 spiro atoms. The summed E-state index contributed by atoms with van der Waals surface area (Å²) in [4.78, 5) is 28.5. The van der Waals surface area contributed by atoms with Crippen molar-refractivity contribution in [3.8, 4) is 0 Å². The van der Waals surface area contributed by atoms with Gasteiger partial charge >= 0.3 is 0 Å². The minimum atomic E-state index is -0.633. The fourth-order valence-corrected chi connectivity index (χ4v) is 4.17. The monoisotopic (exact) mass is 450 g/mol. The van der Waals surface area contributed by atoms with Crippen molar-refractivity contribution < 1.29 is 8.78 Å². The molecule has 4 rings (SSSR count). The molecular weight excluding hydrogens is 430 g/mol. The molecule has 0 fully saturated rings. The van der Waals surface area contributed by atoms with E-state index >= 15 is 0 Å². The lowest BCUT2D eigenvalue weighted by molar-refractivity contribution is 0.581. The first-order valence-electron chi connectivity index (χ1n) is 10.0. The van der Waals surface area contributed by atoms with Gasteiger partial charge in [0.15, 0.2) is 5.16 Å². The van der Waals surface area contributed by atoms with Crippen molar-refractivity contribution in [1.29, 1.82) is 0 Å². The SMILES string of the molecule is O=c1[nH]c(SCc2cc(F)cc(F)c2)nc(CCc2ccccc2)c1Cc1cncnc1. The van der Waals surface area contributed by atoms with Crippen LogP contribution < -0.4 is 5.56 Å². The van der Waals surface area contributed by atoms with Crippen LogP contribution in [0.25, 0.3) is 0 Å². The highest BCUT2D eigenvalue weighted by Gasteiger charge is 2.14. The highest BCUT2D eigenvalue weighted by Crippen LogP contribution is 2.22. The summed E-state index contributed by atoms with van der Waals surface area (Å²) in [6, 6.07) is 13.4. The number of aromatic amines is 1. The number of aromatic nitrogens is 4. The van der Waals surface area contributed by atoms with Gasteiger partial charge in [-0.3, -0.25) is 4.79 Å². The second-order valence-electron chi connectivity index (χ2n) is 7.27. The van der Waals surface area contributed by atoms with Crippen LogP contribution in [0, 0.1) is 11.6 Å². The molecule has 0 aliphatic rings. The molecule has 32 heavy (non-hydrogen) atoms. The third-order valence-corrected chi connectivity index (χ3v) is 5.81. The normalized spacial score (nSPS) is 10.9. The van der Waals surface area contributed by atoms with Gasteiger partial charge in [-0.15, -0.1) is 0 Å². The molecule has 0 aliphatic carbocycles. The summed E-state index contributed by atoms with van der Waals surface area (Å²) in [6.07, 6.45) is 6.47. The van der Waals surface area contributed by atoms with Crippen molar-refractivity contribution in [2.24, 2.45) is 0 Å². The number of nitrogens with zero attached hydrogens (tertiary/aromatic N) is 3. The Bertz CT molecular complexity index is 1230. The van der Waals surface area contributed by atoms with Gasteiger partial charge in [0.1, 0.15) is 18.0 Å². The zero-order chi connectivity index (χ0) is 22.3. The summed E-state index contributed by atoms with van der Waals surface area (Å²) in [5, 5.41) is 0.413. The summed E-state index contributed by atoms with van der Waals surface area (Å²) in [5.74, 6) is -0.987.